The zero-order valence-electron chi connectivity index (χ0n) is 10.2. The number of aliphatic carboxylic acids is 1. The summed E-state index contributed by atoms with van der Waals surface area (Å²) in [5.74, 6) is -1.05. The summed E-state index contributed by atoms with van der Waals surface area (Å²) < 4.78 is 1.75. The van der Waals surface area contributed by atoms with Crippen LogP contribution in [0.5, 0.6) is 0 Å². The first kappa shape index (κ1) is 13.2. The highest BCUT2D eigenvalue weighted by Crippen LogP contribution is 2.22. The zero-order chi connectivity index (χ0) is 13.0. The molecule has 1 unspecified atom stereocenters. The minimum atomic E-state index is -1.05. The van der Waals surface area contributed by atoms with Crippen LogP contribution in [0.25, 0.3) is 0 Å². The van der Waals surface area contributed by atoms with Gasteiger partial charge in [-0.2, -0.15) is 0 Å². The van der Waals surface area contributed by atoms with Crippen LogP contribution in [-0.4, -0.2) is 38.5 Å². The highest BCUT2D eigenvalue weighted by molar-refractivity contribution is 5.77. The lowest BCUT2D eigenvalue weighted by atomic mass is 10.2. The van der Waals surface area contributed by atoms with Crippen molar-refractivity contribution in [2.75, 3.05) is 6.54 Å². The number of rotatable bonds is 6. The Balaban J connectivity index is 3.18. The molecule has 0 aromatic carbocycles. The van der Waals surface area contributed by atoms with Gasteiger partial charge in [0.05, 0.1) is 18.2 Å². The lowest BCUT2D eigenvalue weighted by molar-refractivity contribution is -0.146. The van der Waals surface area contributed by atoms with Crippen molar-refractivity contribution in [1.29, 1.82) is 0 Å². The van der Waals surface area contributed by atoms with E-state index in [1.54, 1.807) is 17.8 Å². The van der Waals surface area contributed by atoms with Gasteiger partial charge in [0.1, 0.15) is 0 Å². The summed E-state index contributed by atoms with van der Waals surface area (Å²) in [5, 5.41) is 9.24. The lowest BCUT2D eigenvalue weighted by Gasteiger charge is -2.25. The Morgan fingerprint density at radius 2 is 2.29 bits per heavy atom. The van der Waals surface area contributed by atoms with Gasteiger partial charge in [-0.15, -0.1) is 0 Å². The molecule has 0 saturated carbocycles. The minimum absolute atomic E-state index is 0.0970. The van der Waals surface area contributed by atoms with Crippen molar-refractivity contribution in [3.8, 4) is 0 Å². The largest absolute Gasteiger partial charge is 0.479 e. The van der Waals surface area contributed by atoms with E-state index in [0.29, 0.717) is 18.6 Å². The molecule has 1 amide bonds. The summed E-state index contributed by atoms with van der Waals surface area (Å²) in [6.07, 6.45) is 3.62. The molecule has 1 N–H and O–H groups in total. The second-order valence-corrected chi connectivity index (χ2v) is 4.00. The normalized spacial score (nSPS) is 12.5. The van der Waals surface area contributed by atoms with E-state index < -0.39 is 12.0 Å². The van der Waals surface area contributed by atoms with Gasteiger partial charge >= 0.3 is 5.97 Å². The number of nitrogens with zero attached hydrogens (tertiary/aromatic N) is 3. The van der Waals surface area contributed by atoms with E-state index in [1.807, 2.05) is 13.8 Å². The number of carbonyl (C=O) groups is 2. The second kappa shape index (κ2) is 5.47. The van der Waals surface area contributed by atoms with Gasteiger partial charge in [-0.3, -0.25) is 4.79 Å². The molecule has 94 valence electrons. The minimum Gasteiger partial charge on any atom is -0.479 e. The molecule has 0 radical (unpaired) electrons. The van der Waals surface area contributed by atoms with E-state index in [9.17, 15) is 14.7 Å². The number of imidazole rings is 1. The first-order valence-electron chi connectivity index (χ1n) is 5.48. The van der Waals surface area contributed by atoms with Crippen molar-refractivity contribution < 1.29 is 14.7 Å². The van der Waals surface area contributed by atoms with Gasteiger partial charge in [0.25, 0.3) is 0 Å². The van der Waals surface area contributed by atoms with Crippen molar-refractivity contribution in [3.05, 3.63) is 18.2 Å². The van der Waals surface area contributed by atoms with Crippen LogP contribution in [0.2, 0.25) is 0 Å². The van der Waals surface area contributed by atoms with Gasteiger partial charge in [0, 0.05) is 12.6 Å². The molecule has 0 saturated heterocycles. The predicted octanol–water partition coefficient (Wildman–Crippen LogP) is 1.07. The van der Waals surface area contributed by atoms with Crippen LogP contribution in [-0.2, 0) is 9.59 Å². The Morgan fingerprint density at radius 1 is 1.65 bits per heavy atom. The van der Waals surface area contributed by atoms with E-state index in [0.717, 1.165) is 0 Å². The fraction of sp³-hybridized carbons (Fsp3) is 0.545. The smallest absolute Gasteiger partial charge is 0.332 e. The molecule has 0 fully saturated rings. The molecular weight excluding hydrogens is 222 g/mol. The van der Waals surface area contributed by atoms with Crippen LogP contribution < -0.4 is 0 Å². The van der Waals surface area contributed by atoms with Crippen molar-refractivity contribution >= 4 is 12.4 Å². The molecule has 0 aliphatic heterocycles. The third-order valence-corrected chi connectivity index (χ3v) is 2.60. The number of amides is 1. The summed E-state index contributed by atoms with van der Waals surface area (Å²) >= 11 is 0. The maximum absolute atomic E-state index is 11.3. The molecule has 6 heteroatoms. The number of aromatic nitrogens is 2. The molecule has 17 heavy (non-hydrogen) atoms. The van der Waals surface area contributed by atoms with E-state index in [1.165, 1.54) is 11.1 Å². The SMILES string of the molecule is CCN(C=O)C(C(=O)O)c1cncn1C(C)C. The van der Waals surface area contributed by atoms with Gasteiger partial charge in [-0.25, -0.2) is 9.78 Å². The maximum atomic E-state index is 11.3. The Morgan fingerprint density at radius 3 is 2.71 bits per heavy atom. The average molecular weight is 239 g/mol. The van der Waals surface area contributed by atoms with Crippen molar-refractivity contribution in [2.45, 2.75) is 32.9 Å². The lowest BCUT2D eigenvalue weighted by Crippen LogP contribution is -2.34. The van der Waals surface area contributed by atoms with E-state index in [2.05, 4.69) is 4.98 Å². The van der Waals surface area contributed by atoms with Gasteiger partial charge < -0.3 is 14.6 Å². The molecule has 1 heterocycles. The number of carboxylic acids is 1. The summed E-state index contributed by atoms with van der Waals surface area (Å²) in [4.78, 5) is 27.4. The molecule has 0 aliphatic rings. The molecule has 0 bridgehead atoms. The van der Waals surface area contributed by atoms with Crippen LogP contribution >= 0.6 is 0 Å². The van der Waals surface area contributed by atoms with E-state index in [4.69, 9.17) is 0 Å². The summed E-state index contributed by atoms with van der Waals surface area (Å²) in [6.45, 7) is 5.94. The topological polar surface area (TPSA) is 75.4 Å². The monoisotopic (exact) mass is 239 g/mol. The number of hydrogen-bond acceptors (Lipinski definition) is 3. The first-order chi connectivity index (χ1) is 8.02. The highest BCUT2D eigenvalue weighted by Gasteiger charge is 2.29. The summed E-state index contributed by atoms with van der Waals surface area (Å²) in [6, 6.07) is -0.887. The number of carbonyl (C=O) groups excluding carboxylic acids is 1. The molecule has 1 rings (SSSR count). The Labute approximate surface area is 99.9 Å². The van der Waals surface area contributed by atoms with Crippen LogP contribution in [0.4, 0.5) is 0 Å². The molecule has 1 aromatic heterocycles. The number of likely N-dealkylation sites (N-methyl/N-ethyl adjacent to an activating group) is 1. The fourth-order valence-electron chi connectivity index (χ4n) is 1.71. The predicted molar refractivity (Wildman–Crippen MR) is 61.4 cm³/mol. The van der Waals surface area contributed by atoms with Crippen molar-refractivity contribution in [3.63, 3.8) is 0 Å². The van der Waals surface area contributed by atoms with Crippen LogP contribution in [0.1, 0.15) is 38.5 Å². The van der Waals surface area contributed by atoms with Crippen molar-refractivity contribution in [1.82, 2.24) is 14.5 Å². The summed E-state index contributed by atoms with van der Waals surface area (Å²) in [5.41, 5.74) is 0.515. The molecule has 0 aliphatic carbocycles. The number of carboxylic acid groups (broad SMARTS) is 1. The summed E-state index contributed by atoms with van der Waals surface area (Å²) in [7, 11) is 0. The zero-order valence-corrected chi connectivity index (χ0v) is 10.2. The Kier molecular flexibility index (Phi) is 4.25. The van der Waals surface area contributed by atoms with Gasteiger partial charge in [0.15, 0.2) is 6.04 Å². The third kappa shape index (κ3) is 2.64. The Bertz CT molecular complexity index is 400. The standard InChI is InChI=1S/C11H17N3O3/c1-4-13(7-15)10(11(16)17)9-5-12-6-14(9)8(2)3/h5-8,10H,4H2,1-3H3,(H,16,17). The second-order valence-electron chi connectivity index (χ2n) is 4.00. The maximum Gasteiger partial charge on any atom is 0.332 e. The van der Waals surface area contributed by atoms with Crippen LogP contribution in [0.3, 0.4) is 0 Å². The molecule has 0 spiro atoms. The Hall–Kier alpha value is -1.85. The number of hydrogen-bond donors (Lipinski definition) is 1. The average Bonchev–Trinajstić information content (AvgIpc) is 2.73. The fourth-order valence-corrected chi connectivity index (χ4v) is 1.71. The van der Waals surface area contributed by atoms with Crippen LogP contribution in [0, 0.1) is 0 Å². The van der Waals surface area contributed by atoms with Crippen LogP contribution in [0.15, 0.2) is 12.5 Å². The van der Waals surface area contributed by atoms with Gasteiger partial charge in [-0.05, 0) is 20.8 Å². The first-order valence-corrected chi connectivity index (χ1v) is 5.48. The third-order valence-electron chi connectivity index (χ3n) is 2.60. The van der Waals surface area contributed by atoms with Gasteiger partial charge in [0.2, 0.25) is 6.41 Å². The van der Waals surface area contributed by atoms with Gasteiger partial charge in [-0.1, -0.05) is 0 Å². The molecule has 6 nitrogen and oxygen atoms in total. The molecular formula is C11H17N3O3. The quantitative estimate of drug-likeness (QED) is 0.753. The van der Waals surface area contributed by atoms with Crippen molar-refractivity contribution in [2.24, 2.45) is 0 Å². The molecule has 1 atom stereocenters. The van der Waals surface area contributed by atoms with E-state index in [-0.39, 0.29) is 6.04 Å². The molecule has 1 aromatic rings. The highest BCUT2D eigenvalue weighted by atomic mass is 16.4. The van der Waals surface area contributed by atoms with E-state index >= 15 is 0 Å².